The fourth-order valence-corrected chi connectivity index (χ4v) is 5.22. The predicted molar refractivity (Wildman–Crippen MR) is 139 cm³/mol. The molecule has 5 heteroatoms. The van der Waals surface area contributed by atoms with Crippen LogP contribution in [0.1, 0.15) is 141 Å². The molecule has 0 aromatic heterocycles. The molecule has 1 rings (SSSR count). The number of rotatable bonds is 24. The van der Waals surface area contributed by atoms with Crippen molar-refractivity contribution in [3.05, 3.63) is 0 Å². The van der Waals surface area contributed by atoms with E-state index in [1.165, 1.54) is 110 Å². The third-order valence-electron chi connectivity index (χ3n) is 7.48. The van der Waals surface area contributed by atoms with Crippen molar-refractivity contribution in [1.82, 2.24) is 0 Å². The van der Waals surface area contributed by atoms with Crippen LogP contribution in [0.25, 0.3) is 0 Å². The predicted octanol–water partition coefficient (Wildman–Crippen LogP) is 8.09. The molecule has 5 nitrogen and oxygen atoms in total. The van der Waals surface area contributed by atoms with E-state index in [-0.39, 0.29) is 5.97 Å². The number of aliphatic carboxylic acids is 1. The molecule has 1 aliphatic rings. The minimum atomic E-state index is -0.664. The van der Waals surface area contributed by atoms with Crippen molar-refractivity contribution in [2.24, 2.45) is 11.8 Å². The normalized spacial score (nSPS) is 17.8. The highest BCUT2D eigenvalue weighted by molar-refractivity contribution is 5.69. The molecule has 200 valence electrons. The molecule has 1 fully saturated rings. The van der Waals surface area contributed by atoms with Gasteiger partial charge in [-0.05, 0) is 37.5 Å². The number of esters is 1. The lowest BCUT2D eigenvalue weighted by Crippen LogP contribution is -2.12. The van der Waals surface area contributed by atoms with Crippen molar-refractivity contribution in [3.8, 4) is 0 Å². The highest BCUT2D eigenvalue weighted by Gasteiger charge is 2.26. The summed E-state index contributed by atoms with van der Waals surface area (Å²) in [4.78, 5) is 21.6. The van der Waals surface area contributed by atoms with Crippen LogP contribution in [0.3, 0.4) is 0 Å². The lowest BCUT2D eigenvalue weighted by molar-refractivity contribution is -0.141. The number of hydrogen-bond donors (Lipinski definition) is 1. The van der Waals surface area contributed by atoms with Gasteiger partial charge in [0.05, 0.1) is 7.11 Å². The van der Waals surface area contributed by atoms with Gasteiger partial charge in [0.25, 0.3) is 0 Å². The van der Waals surface area contributed by atoms with Crippen LogP contribution in [0.4, 0.5) is 0 Å². The smallest absolute Gasteiger partial charge is 0.305 e. The minimum absolute atomic E-state index is 0.0791. The Balaban J connectivity index is 1.86. The van der Waals surface area contributed by atoms with Gasteiger partial charge in [0, 0.05) is 26.1 Å². The Morgan fingerprint density at radius 1 is 0.618 bits per heavy atom. The summed E-state index contributed by atoms with van der Waals surface area (Å²) in [6, 6.07) is 0. The molecule has 1 aliphatic heterocycles. The lowest BCUT2D eigenvalue weighted by Gasteiger charge is -2.17. The molecule has 0 radical (unpaired) electrons. The van der Waals surface area contributed by atoms with Crippen LogP contribution >= 0.6 is 0 Å². The van der Waals surface area contributed by atoms with Gasteiger partial charge in [-0.3, -0.25) is 9.59 Å². The number of carboxylic acids is 1. The van der Waals surface area contributed by atoms with Gasteiger partial charge in [-0.25, -0.2) is 0 Å². The third kappa shape index (κ3) is 18.3. The number of carboxylic acid groups (broad SMARTS) is 1. The van der Waals surface area contributed by atoms with Crippen molar-refractivity contribution >= 4 is 11.9 Å². The average Bonchev–Trinajstić information content (AvgIpc) is 3.27. The fourth-order valence-electron chi connectivity index (χ4n) is 5.22. The molecular weight excluding hydrogens is 428 g/mol. The van der Waals surface area contributed by atoms with E-state index in [0.29, 0.717) is 12.8 Å². The Kier molecular flexibility index (Phi) is 20.3. The summed E-state index contributed by atoms with van der Waals surface area (Å²) >= 11 is 0. The van der Waals surface area contributed by atoms with Gasteiger partial charge in [-0.15, -0.1) is 0 Å². The zero-order valence-electron chi connectivity index (χ0n) is 22.2. The first kappa shape index (κ1) is 30.9. The first-order chi connectivity index (χ1) is 16.6. The van der Waals surface area contributed by atoms with E-state index in [2.05, 4.69) is 4.74 Å². The maximum Gasteiger partial charge on any atom is 0.305 e. The number of carbonyl (C=O) groups excluding carboxylic acids is 1. The maximum absolute atomic E-state index is 11.1. The zero-order chi connectivity index (χ0) is 24.7. The molecule has 0 spiro atoms. The fraction of sp³-hybridized carbons (Fsp3) is 0.931. The van der Waals surface area contributed by atoms with Crippen molar-refractivity contribution in [2.75, 3.05) is 20.3 Å². The van der Waals surface area contributed by atoms with Gasteiger partial charge in [0.1, 0.15) is 0 Å². The van der Waals surface area contributed by atoms with Gasteiger partial charge in [0.2, 0.25) is 0 Å². The summed E-state index contributed by atoms with van der Waals surface area (Å²) in [6.45, 7) is 1.97. The lowest BCUT2D eigenvalue weighted by atomic mass is 9.86. The molecule has 0 aromatic rings. The van der Waals surface area contributed by atoms with Crippen molar-refractivity contribution in [2.45, 2.75) is 141 Å². The molecular formula is C29H54O5. The molecule has 0 bridgehead atoms. The van der Waals surface area contributed by atoms with Gasteiger partial charge in [-0.1, -0.05) is 103 Å². The first-order valence-electron chi connectivity index (χ1n) is 14.5. The van der Waals surface area contributed by atoms with Gasteiger partial charge in [0.15, 0.2) is 0 Å². The summed E-state index contributed by atoms with van der Waals surface area (Å²) in [7, 11) is 1.46. The molecule has 0 saturated carbocycles. The number of methoxy groups -OCH3 is 1. The molecule has 1 saturated heterocycles. The monoisotopic (exact) mass is 482 g/mol. The van der Waals surface area contributed by atoms with Crippen LogP contribution in [0.5, 0.6) is 0 Å². The number of unbranched alkanes of at least 4 members (excludes halogenated alkanes) is 16. The van der Waals surface area contributed by atoms with Crippen LogP contribution in [0.2, 0.25) is 0 Å². The maximum atomic E-state index is 11.1. The van der Waals surface area contributed by atoms with E-state index < -0.39 is 5.97 Å². The second kappa shape index (κ2) is 22.4. The molecule has 2 atom stereocenters. The van der Waals surface area contributed by atoms with E-state index in [1.54, 1.807) is 0 Å². The summed E-state index contributed by atoms with van der Waals surface area (Å²) < 4.78 is 10.5. The third-order valence-corrected chi connectivity index (χ3v) is 7.48. The summed E-state index contributed by atoms with van der Waals surface area (Å²) in [5, 5.41) is 8.64. The molecule has 0 amide bonds. The largest absolute Gasteiger partial charge is 0.481 e. The summed E-state index contributed by atoms with van der Waals surface area (Å²) in [5.74, 6) is 0.840. The van der Waals surface area contributed by atoms with E-state index >= 15 is 0 Å². The van der Waals surface area contributed by atoms with E-state index in [4.69, 9.17) is 9.84 Å². The minimum Gasteiger partial charge on any atom is -0.481 e. The van der Waals surface area contributed by atoms with Crippen LogP contribution < -0.4 is 0 Å². The second-order valence-electron chi connectivity index (χ2n) is 10.5. The van der Waals surface area contributed by atoms with Gasteiger partial charge < -0.3 is 14.6 Å². The number of hydrogen-bond acceptors (Lipinski definition) is 4. The van der Waals surface area contributed by atoms with E-state index in [0.717, 1.165) is 50.7 Å². The van der Waals surface area contributed by atoms with Crippen LogP contribution in [0.15, 0.2) is 0 Å². The molecule has 0 aromatic carbocycles. The van der Waals surface area contributed by atoms with Crippen LogP contribution in [0, 0.1) is 11.8 Å². The molecule has 0 aliphatic carbocycles. The highest BCUT2D eigenvalue weighted by Crippen LogP contribution is 2.30. The van der Waals surface area contributed by atoms with Crippen molar-refractivity contribution in [3.63, 3.8) is 0 Å². The van der Waals surface area contributed by atoms with Crippen molar-refractivity contribution in [1.29, 1.82) is 0 Å². The Morgan fingerprint density at radius 3 is 1.35 bits per heavy atom. The summed E-state index contributed by atoms with van der Waals surface area (Å²) in [5.41, 5.74) is 0. The van der Waals surface area contributed by atoms with E-state index in [1.807, 2.05) is 0 Å². The standard InChI is InChI=1S/C29H54O5/c1-33-29(32)23-19-15-11-7-3-5-9-13-17-21-27-25-34-24-26(27)20-16-12-8-4-2-6-10-14-18-22-28(30)31/h26-27H,2-25H2,1H3,(H,30,31). The Hall–Kier alpha value is -1.10. The number of carbonyl (C=O) groups is 2. The van der Waals surface area contributed by atoms with E-state index in [9.17, 15) is 9.59 Å². The molecule has 34 heavy (non-hydrogen) atoms. The first-order valence-corrected chi connectivity index (χ1v) is 14.5. The SMILES string of the molecule is COC(=O)CCCCCCCCCCCC1COCC1CCCCCCCCCCCC(=O)O. The quantitative estimate of drug-likeness (QED) is 0.111. The molecule has 1 N–H and O–H groups in total. The second-order valence-corrected chi connectivity index (χ2v) is 10.5. The topological polar surface area (TPSA) is 72.8 Å². The van der Waals surface area contributed by atoms with Gasteiger partial charge in [-0.2, -0.15) is 0 Å². The number of ether oxygens (including phenoxy) is 2. The highest BCUT2D eigenvalue weighted by atomic mass is 16.5. The Bertz CT molecular complexity index is 493. The Labute approximate surface area is 209 Å². The summed E-state index contributed by atoms with van der Waals surface area (Å²) in [6.07, 6.45) is 26.0. The van der Waals surface area contributed by atoms with Gasteiger partial charge >= 0.3 is 11.9 Å². The Morgan fingerprint density at radius 2 is 0.971 bits per heavy atom. The van der Waals surface area contributed by atoms with Crippen LogP contribution in [-0.2, 0) is 19.1 Å². The van der Waals surface area contributed by atoms with Crippen molar-refractivity contribution < 1.29 is 24.2 Å². The average molecular weight is 483 g/mol. The van der Waals surface area contributed by atoms with Crippen LogP contribution in [-0.4, -0.2) is 37.4 Å². The zero-order valence-corrected chi connectivity index (χ0v) is 22.2. The molecule has 1 heterocycles. The molecule has 2 unspecified atom stereocenters.